The lowest BCUT2D eigenvalue weighted by Gasteiger charge is -2.11. The molecule has 0 amide bonds. The summed E-state index contributed by atoms with van der Waals surface area (Å²) in [5.41, 5.74) is -0.754. The summed E-state index contributed by atoms with van der Waals surface area (Å²) in [5, 5.41) is 20.7. The van der Waals surface area contributed by atoms with Crippen molar-refractivity contribution in [2.75, 3.05) is 19.0 Å². The third-order valence-electron chi connectivity index (χ3n) is 2.87. The largest absolute Gasteiger partial charge is 0.495 e. The van der Waals surface area contributed by atoms with Crippen LogP contribution in [-0.4, -0.2) is 46.2 Å². The maximum atomic E-state index is 11.9. The van der Waals surface area contributed by atoms with Gasteiger partial charge in [0.25, 0.3) is 6.47 Å². The van der Waals surface area contributed by atoms with E-state index >= 15 is 0 Å². The Morgan fingerprint density at radius 3 is 2.29 bits per heavy atom. The van der Waals surface area contributed by atoms with E-state index in [2.05, 4.69) is 15.3 Å². The fourth-order valence-corrected chi connectivity index (χ4v) is 2.07. The van der Waals surface area contributed by atoms with Crippen molar-refractivity contribution in [2.24, 2.45) is 0 Å². The Morgan fingerprint density at radius 1 is 1.26 bits per heavy atom. The highest BCUT2D eigenvalue weighted by Crippen LogP contribution is 2.33. The van der Waals surface area contributed by atoms with Gasteiger partial charge in [0.15, 0.2) is 0 Å². The lowest BCUT2D eigenvalue weighted by Crippen LogP contribution is -2.13. The van der Waals surface area contributed by atoms with Crippen molar-refractivity contribution in [3.63, 3.8) is 0 Å². The van der Waals surface area contributed by atoms with Gasteiger partial charge in [-0.2, -0.15) is 4.98 Å². The molecule has 1 heterocycles. The van der Waals surface area contributed by atoms with Crippen molar-refractivity contribution >= 4 is 41.2 Å². The Balaban J connectivity index is 0. The quantitative estimate of drug-likeness (QED) is 0.204. The van der Waals surface area contributed by atoms with E-state index in [-0.39, 0.29) is 24.2 Å². The van der Waals surface area contributed by atoms with Gasteiger partial charge in [-0.3, -0.25) is 14.9 Å². The lowest BCUT2D eigenvalue weighted by molar-refractivity contribution is -0.384. The van der Waals surface area contributed by atoms with Crippen LogP contribution in [-0.2, 0) is 9.53 Å². The molecule has 0 aliphatic rings. The number of nitro groups is 1. The van der Waals surface area contributed by atoms with Crippen molar-refractivity contribution in [3.05, 3.63) is 45.4 Å². The van der Waals surface area contributed by atoms with Crippen LogP contribution in [0.4, 0.5) is 17.2 Å². The Hall–Kier alpha value is -3.47. The molecule has 0 atom stereocenters. The van der Waals surface area contributed by atoms with Crippen LogP contribution in [0.3, 0.4) is 0 Å². The average Bonchev–Trinajstić information content (AvgIpc) is 2.77. The second-order valence-corrected chi connectivity index (χ2v) is 4.78. The van der Waals surface area contributed by atoms with Crippen LogP contribution in [0.25, 0.3) is 0 Å². The van der Waals surface area contributed by atoms with Gasteiger partial charge in [-0.1, -0.05) is 39.8 Å². The predicted octanol–water partition coefficient (Wildman–Crippen LogP) is 4.72. The number of halogens is 1. The topological polar surface area (TPSA) is 154 Å². The minimum Gasteiger partial charge on any atom is -0.495 e. The van der Waals surface area contributed by atoms with E-state index in [0.717, 1.165) is 0 Å². The summed E-state index contributed by atoms with van der Waals surface area (Å²) < 4.78 is 9.94. The SMILES string of the molecule is CC.CC.CCOC(=O)c1nc(Cl)nc(Nc2ccccc2OC)c1[N+](=O)[O-].O=CO. The number of carbonyl (C=O) groups excluding carboxylic acids is 1. The highest BCUT2D eigenvalue weighted by atomic mass is 35.5. The van der Waals surface area contributed by atoms with Crippen molar-refractivity contribution in [1.29, 1.82) is 0 Å². The van der Waals surface area contributed by atoms with Crippen LogP contribution in [0, 0.1) is 10.1 Å². The number of anilines is 2. The van der Waals surface area contributed by atoms with Crippen LogP contribution in [0.5, 0.6) is 5.75 Å². The third-order valence-corrected chi connectivity index (χ3v) is 3.04. The first kappa shape index (κ1) is 29.7. The van der Waals surface area contributed by atoms with Gasteiger partial charge in [-0.15, -0.1) is 0 Å². The molecule has 0 radical (unpaired) electrons. The molecule has 172 valence electrons. The first-order chi connectivity index (χ1) is 14.9. The van der Waals surface area contributed by atoms with Gasteiger partial charge in [0, 0.05) is 0 Å². The van der Waals surface area contributed by atoms with E-state index in [1.165, 1.54) is 7.11 Å². The number of rotatable bonds is 6. The number of benzene rings is 1. The lowest BCUT2D eigenvalue weighted by atomic mass is 10.2. The molecule has 2 aromatic rings. The number of hydrogen-bond acceptors (Lipinski definition) is 9. The molecule has 2 N–H and O–H groups in total. The summed E-state index contributed by atoms with van der Waals surface area (Å²) in [6.45, 7) is 9.35. The number of carbonyl (C=O) groups is 2. The van der Waals surface area contributed by atoms with Gasteiger partial charge in [0.1, 0.15) is 5.75 Å². The summed E-state index contributed by atoms with van der Waals surface area (Å²) in [6, 6.07) is 6.72. The van der Waals surface area contributed by atoms with Crippen molar-refractivity contribution in [3.8, 4) is 5.75 Å². The van der Waals surface area contributed by atoms with Crippen LogP contribution < -0.4 is 10.1 Å². The molecule has 1 aromatic carbocycles. The monoisotopic (exact) mass is 458 g/mol. The molecular formula is C19H27ClN4O7. The maximum Gasteiger partial charge on any atom is 0.364 e. The predicted molar refractivity (Wildman–Crippen MR) is 117 cm³/mol. The normalized spacial score (nSPS) is 8.61. The second-order valence-electron chi connectivity index (χ2n) is 4.45. The number of hydrogen-bond donors (Lipinski definition) is 2. The maximum absolute atomic E-state index is 11.9. The average molecular weight is 459 g/mol. The molecule has 0 spiro atoms. The van der Waals surface area contributed by atoms with Crippen LogP contribution in [0.2, 0.25) is 5.28 Å². The summed E-state index contributed by atoms with van der Waals surface area (Å²) in [7, 11) is 1.45. The summed E-state index contributed by atoms with van der Waals surface area (Å²) in [6.07, 6.45) is 0. The Kier molecular flexibility index (Phi) is 16.7. The van der Waals surface area contributed by atoms with E-state index in [4.69, 9.17) is 31.0 Å². The van der Waals surface area contributed by atoms with E-state index in [0.29, 0.717) is 11.4 Å². The molecule has 12 heteroatoms. The zero-order valence-corrected chi connectivity index (χ0v) is 19.0. The number of para-hydroxylation sites is 2. The van der Waals surface area contributed by atoms with Crippen LogP contribution in [0.1, 0.15) is 45.1 Å². The van der Waals surface area contributed by atoms with Crippen LogP contribution in [0.15, 0.2) is 24.3 Å². The molecule has 0 saturated carbocycles. The highest BCUT2D eigenvalue weighted by molar-refractivity contribution is 6.28. The Bertz CT molecular complexity index is 835. The molecule has 0 unspecified atom stereocenters. The van der Waals surface area contributed by atoms with Crippen molar-refractivity contribution in [1.82, 2.24) is 9.97 Å². The first-order valence-corrected chi connectivity index (χ1v) is 9.64. The first-order valence-electron chi connectivity index (χ1n) is 9.26. The van der Waals surface area contributed by atoms with Gasteiger partial charge in [-0.05, 0) is 30.7 Å². The molecule has 0 aliphatic carbocycles. The number of aromatic nitrogens is 2. The smallest absolute Gasteiger partial charge is 0.364 e. The molecule has 2 rings (SSSR count). The molecule has 0 aliphatic heterocycles. The standard InChI is InChI=1S/C14H13ClN4O5.2C2H6.CH2O2/c1-3-24-13(20)10-11(19(21)22)12(18-14(15)17-10)16-8-6-4-5-7-9(8)23-2;2*1-2;2-1-3/h4-7H,3H2,1-2H3,(H,16,17,18);2*1-2H3;1H,(H,2,3). The zero-order chi connectivity index (χ0) is 24.4. The number of methoxy groups -OCH3 is 1. The second kappa shape index (κ2) is 17.4. The van der Waals surface area contributed by atoms with Gasteiger partial charge in [-0.25, -0.2) is 9.78 Å². The van der Waals surface area contributed by atoms with E-state index < -0.39 is 22.3 Å². The third kappa shape index (κ3) is 9.72. The summed E-state index contributed by atoms with van der Waals surface area (Å²) in [4.78, 5) is 38.3. The number of nitrogens with zero attached hydrogens (tertiary/aromatic N) is 3. The highest BCUT2D eigenvalue weighted by Gasteiger charge is 2.30. The molecule has 1 aromatic heterocycles. The number of esters is 1. The minimum absolute atomic E-state index is 0.0346. The fourth-order valence-electron chi connectivity index (χ4n) is 1.90. The number of ether oxygens (including phenoxy) is 2. The van der Waals surface area contributed by atoms with Gasteiger partial charge in [0.05, 0.1) is 24.3 Å². The molecule has 0 fully saturated rings. The number of carboxylic acid groups (broad SMARTS) is 1. The molecule has 0 saturated heterocycles. The van der Waals surface area contributed by atoms with Crippen LogP contribution >= 0.6 is 11.6 Å². The van der Waals surface area contributed by atoms with Crippen molar-refractivity contribution in [2.45, 2.75) is 34.6 Å². The molecule has 11 nitrogen and oxygen atoms in total. The minimum atomic E-state index is -0.962. The molecular weight excluding hydrogens is 432 g/mol. The molecule has 31 heavy (non-hydrogen) atoms. The van der Waals surface area contributed by atoms with Crippen molar-refractivity contribution < 1.29 is 29.1 Å². The molecule has 0 bridgehead atoms. The summed E-state index contributed by atoms with van der Waals surface area (Å²) in [5.74, 6) is -0.775. The Morgan fingerprint density at radius 2 is 1.81 bits per heavy atom. The van der Waals surface area contributed by atoms with E-state index in [9.17, 15) is 14.9 Å². The fraction of sp³-hybridized carbons (Fsp3) is 0.368. The van der Waals surface area contributed by atoms with Gasteiger partial charge in [0.2, 0.25) is 16.8 Å². The van der Waals surface area contributed by atoms with Gasteiger partial charge >= 0.3 is 11.7 Å². The summed E-state index contributed by atoms with van der Waals surface area (Å²) >= 11 is 5.79. The van der Waals surface area contributed by atoms with E-state index in [1.807, 2.05) is 27.7 Å². The van der Waals surface area contributed by atoms with E-state index in [1.54, 1.807) is 31.2 Å². The zero-order valence-electron chi connectivity index (χ0n) is 18.2. The van der Waals surface area contributed by atoms with Gasteiger partial charge < -0.3 is 19.9 Å². The Labute approximate surface area is 185 Å². The number of nitrogens with one attached hydrogen (secondary N) is 1.